The van der Waals surface area contributed by atoms with Gasteiger partial charge in [-0.2, -0.15) is 0 Å². The normalized spacial score (nSPS) is 23.4. The molecule has 0 aromatic carbocycles. The monoisotopic (exact) mass is 252 g/mol. The summed E-state index contributed by atoms with van der Waals surface area (Å²) in [6.45, 7) is 10.3. The molecular formula is C14H24N2O2. The van der Waals surface area contributed by atoms with Gasteiger partial charge in [-0.15, -0.1) is 0 Å². The van der Waals surface area contributed by atoms with Crippen LogP contribution in [0.1, 0.15) is 32.6 Å². The second-order valence-corrected chi connectivity index (χ2v) is 5.23. The molecule has 1 N–H and O–H groups in total. The zero-order chi connectivity index (χ0) is 13.0. The van der Waals surface area contributed by atoms with Crippen LogP contribution < -0.4 is 5.32 Å². The fourth-order valence-electron chi connectivity index (χ4n) is 2.28. The van der Waals surface area contributed by atoms with E-state index >= 15 is 0 Å². The van der Waals surface area contributed by atoms with Gasteiger partial charge >= 0.3 is 0 Å². The van der Waals surface area contributed by atoms with Crippen molar-refractivity contribution in [2.24, 2.45) is 0 Å². The Balaban J connectivity index is 1.76. The summed E-state index contributed by atoms with van der Waals surface area (Å²) in [6.07, 6.45) is 1.99. The van der Waals surface area contributed by atoms with Crippen molar-refractivity contribution in [3.8, 4) is 0 Å². The summed E-state index contributed by atoms with van der Waals surface area (Å²) < 4.78 is 11.2. The topological polar surface area (TPSA) is 37.6 Å². The molecule has 0 bridgehead atoms. The van der Waals surface area contributed by atoms with Gasteiger partial charge in [0, 0.05) is 25.7 Å². The van der Waals surface area contributed by atoms with Crippen molar-refractivity contribution in [3.05, 3.63) is 24.2 Å². The molecule has 2 heterocycles. The Morgan fingerprint density at radius 3 is 2.94 bits per heavy atom. The highest BCUT2D eigenvalue weighted by molar-refractivity contribution is 5.03. The Hall–Kier alpha value is -0.840. The van der Waals surface area contributed by atoms with Gasteiger partial charge < -0.3 is 14.5 Å². The van der Waals surface area contributed by atoms with Gasteiger partial charge in [-0.3, -0.25) is 4.90 Å². The minimum atomic E-state index is 0.234. The van der Waals surface area contributed by atoms with E-state index in [1.165, 1.54) is 0 Å². The predicted octanol–water partition coefficient (Wildman–Crippen LogP) is 2.04. The van der Waals surface area contributed by atoms with Gasteiger partial charge in [-0.1, -0.05) is 0 Å². The molecule has 4 nitrogen and oxygen atoms in total. The van der Waals surface area contributed by atoms with Crippen molar-refractivity contribution in [1.29, 1.82) is 0 Å². The average Bonchev–Trinajstić information content (AvgIpc) is 2.90. The van der Waals surface area contributed by atoms with Crippen molar-refractivity contribution >= 4 is 0 Å². The van der Waals surface area contributed by atoms with E-state index in [0.717, 1.165) is 32.0 Å². The van der Waals surface area contributed by atoms with Crippen LogP contribution in [0.15, 0.2) is 22.8 Å². The van der Waals surface area contributed by atoms with Gasteiger partial charge in [-0.05, 0) is 32.9 Å². The van der Waals surface area contributed by atoms with Gasteiger partial charge in [-0.25, -0.2) is 0 Å². The largest absolute Gasteiger partial charge is 0.468 e. The molecule has 1 unspecified atom stereocenters. The van der Waals surface area contributed by atoms with Crippen LogP contribution in [0.5, 0.6) is 0 Å². The first kappa shape index (κ1) is 13.6. The number of morpholine rings is 1. The van der Waals surface area contributed by atoms with Crippen molar-refractivity contribution in [1.82, 2.24) is 10.2 Å². The third-order valence-electron chi connectivity index (χ3n) is 3.52. The van der Waals surface area contributed by atoms with E-state index < -0.39 is 0 Å². The Morgan fingerprint density at radius 2 is 2.28 bits per heavy atom. The molecule has 0 radical (unpaired) electrons. The van der Waals surface area contributed by atoms with Gasteiger partial charge in [0.05, 0.1) is 25.0 Å². The molecular weight excluding hydrogens is 228 g/mol. The van der Waals surface area contributed by atoms with E-state index in [9.17, 15) is 0 Å². The van der Waals surface area contributed by atoms with Crippen LogP contribution in [-0.4, -0.2) is 43.3 Å². The third-order valence-corrected chi connectivity index (χ3v) is 3.52. The van der Waals surface area contributed by atoms with Crippen molar-refractivity contribution < 1.29 is 9.15 Å². The summed E-state index contributed by atoms with van der Waals surface area (Å²) in [5, 5.41) is 3.47. The Labute approximate surface area is 109 Å². The minimum absolute atomic E-state index is 0.234. The first-order chi connectivity index (χ1) is 8.66. The smallest absolute Gasteiger partial charge is 0.120 e. The Kier molecular flexibility index (Phi) is 4.80. The summed E-state index contributed by atoms with van der Waals surface area (Å²) in [5.74, 6) is 0.978. The highest BCUT2D eigenvalue weighted by Gasteiger charge is 2.22. The summed E-state index contributed by atoms with van der Waals surface area (Å²) in [4.78, 5) is 2.47. The van der Waals surface area contributed by atoms with Crippen molar-refractivity contribution in [2.75, 3.05) is 26.2 Å². The maximum absolute atomic E-state index is 5.79. The lowest BCUT2D eigenvalue weighted by molar-refractivity contribution is -0.0381. The second kappa shape index (κ2) is 6.36. The first-order valence-corrected chi connectivity index (χ1v) is 6.79. The van der Waals surface area contributed by atoms with Gasteiger partial charge in [0.1, 0.15) is 5.76 Å². The molecule has 1 aromatic heterocycles. The molecule has 102 valence electrons. The first-order valence-electron chi connectivity index (χ1n) is 6.79. The van der Waals surface area contributed by atoms with Crippen LogP contribution in [0.25, 0.3) is 0 Å². The highest BCUT2D eigenvalue weighted by Crippen LogP contribution is 2.13. The number of nitrogens with one attached hydrogen (secondary N) is 1. The van der Waals surface area contributed by atoms with E-state index in [0.29, 0.717) is 6.04 Å². The van der Waals surface area contributed by atoms with Crippen LogP contribution in [-0.2, 0) is 4.74 Å². The molecule has 4 heteroatoms. The van der Waals surface area contributed by atoms with Gasteiger partial charge in [0.25, 0.3) is 0 Å². The molecule has 1 aliphatic rings. The lowest BCUT2D eigenvalue weighted by Gasteiger charge is -2.35. The fraction of sp³-hybridized carbons (Fsp3) is 0.714. The van der Waals surface area contributed by atoms with Crippen LogP contribution in [0, 0.1) is 0 Å². The van der Waals surface area contributed by atoms with E-state index in [2.05, 4.69) is 31.0 Å². The standard InChI is InChI=1S/C14H24N2O2/c1-11(2)16-6-8-17-13(10-16)9-15-12(3)14-5-4-7-18-14/h4-5,7,11-13,15H,6,8-10H2,1-3H3/t12-,13?/m0/s1. The number of nitrogens with zero attached hydrogens (tertiary/aromatic N) is 1. The van der Waals surface area contributed by atoms with Crippen LogP contribution in [0.4, 0.5) is 0 Å². The molecule has 2 atom stereocenters. The third kappa shape index (κ3) is 3.57. The number of furan rings is 1. The quantitative estimate of drug-likeness (QED) is 0.870. The molecule has 1 aliphatic heterocycles. The Morgan fingerprint density at radius 1 is 1.44 bits per heavy atom. The second-order valence-electron chi connectivity index (χ2n) is 5.23. The average molecular weight is 252 g/mol. The molecule has 0 saturated carbocycles. The lowest BCUT2D eigenvalue weighted by atomic mass is 10.2. The number of hydrogen-bond donors (Lipinski definition) is 1. The predicted molar refractivity (Wildman–Crippen MR) is 71.6 cm³/mol. The van der Waals surface area contributed by atoms with Crippen molar-refractivity contribution in [2.45, 2.75) is 39.0 Å². The van der Waals surface area contributed by atoms with E-state index in [1.54, 1.807) is 6.26 Å². The lowest BCUT2D eigenvalue weighted by Crippen LogP contribution is -2.49. The van der Waals surface area contributed by atoms with Gasteiger partial charge in [0.2, 0.25) is 0 Å². The molecule has 1 saturated heterocycles. The van der Waals surface area contributed by atoms with E-state index in [4.69, 9.17) is 9.15 Å². The van der Waals surface area contributed by atoms with Crippen molar-refractivity contribution in [3.63, 3.8) is 0 Å². The molecule has 2 rings (SSSR count). The molecule has 1 fully saturated rings. The summed E-state index contributed by atoms with van der Waals surface area (Å²) in [5.41, 5.74) is 0. The summed E-state index contributed by atoms with van der Waals surface area (Å²) >= 11 is 0. The van der Waals surface area contributed by atoms with Crippen LogP contribution in [0.2, 0.25) is 0 Å². The van der Waals surface area contributed by atoms with Gasteiger partial charge in [0.15, 0.2) is 0 Å². The Bertz CT molecular complexity index is 338. The highest BCUT2D eigenvalue weighted by atomic mass is 16.5. The van der Waals surface area contributed by atoms with E-state index in [1.807, 2.05) is 12.1 Å². The fourth-order valence-corrected chi connectivity index (χ4v) is 2.28. The summed E-state index contributed by atoms with van der Waals surface area (Å²) in [7, 11) is 0. The maximum Gasteiger partial charge on any atom is 0.120 e. The molecule has 18 heavy (non-hydrogen) atoms. The molecule has 1 aromatic rings. The molecule has 0 aliphatic carbocycles. The zero-order valence-electron chi connectivity index (χ0n) is 11.6. The number of hydrogen-bond acceptors (Lipinski definition) is 4. The number of rotatable bonds is 5. The SMILES string of the molecule is CC(C)N1CCOC(CN[C@@H](C)c2ccco2)C1. The van der Waals surface area contributed by atoms with Crippen LogP contribution in [0.3, 0.4) is 0 Å². The molecule has 0 amide bonds. The minimum Gasteiger partial charge on any atom is -0.468 e. The maximum atomic E-state index is 5.79. The number of ether oxygens (including phenoxy) is 1. The van der Waals surface area contributed by atoms with Crippen LogP contribution >= 0.6 is 0 Å². The zero-order valence-corrected chi connectivity index (χ0v) is 11.6. The van der Waals surface area contributed by atoms with E-state index in [-0.39, 0.29) is 12.1 Å². The molecule has 0 spiro atoms. The summed E-state index contributed by atoms with van der Waals surface area (Å²) in [6, 6.07) is 4.75.